The van der Waals surface area contributed by atoms with E-state index in [1.807, 2.05) is 24.3 Å². The van der Waals surface area contributed by atoms with Crippen molar-refractivity contribution in [3.05, 3.63) is 95.1 Å². The number of hydrogen-bond donors (Lipinski definition) is 0. The van der Waals surface area contributed by atoms with Gasteiger partial charge < -0.3 is 0 Å². The van der Waals surface area contributed by atoms with E-state index in [1.54, 1.807) is 24.3 Å². The molecule has 4 rings (SSSR count). The normalized spacial score (nSPS) is 13.6. The van der Waals surface area contributed by atoms with Crippen LogP contribution >= 0.6 is 0 Å². The fourth-order valence-corrected chi connectivity index (χ4v) is 4.30. The third kappa shape index (κ3) is 4.23. The van der Waals surface area contributed by atoms with E-state index in [1.165, 1.54) is 24.3 Å². The molecule has 0 saturated carbocycles. The van der Waals surface area contributed by atoms with Crippen LogP contribution in [-0.4, -0.2) is 20.3 Å². The Bertz CT molecular complexity index is 1220. The molecular formula is C22H16F3NO3S. The lowest BCUT2D eigenvalue weighted by atomic mass is 10.0. The first-order chi connectivity index (χ1) is 14.2. The molecule has 0 fully saturated rings. The van der Waals surface area contributed by atoms with Crippen LogP contribution in [0.15, 0.2) is 78.0 Å². The zero-order chi connectivity index (χ0) is 21.4. The first-order valence-corrected chi connectivity index (χ1v) is 10.6. The number of hydrogen-bond acceptors (Lipinski definition) is 4. The van der Waals surface area contributed by atoms with Crippen molar-refractivity contribution >= 4 is 15.8 Å². The number of nitrogens with zero attached hydrogens (tertiary/aromatic N) is 1. The molecule has 0 aliphatic heterocycles. The van der Waals surface area contributed by atoms with Crippen LogP contribution in [0.3, 0.4) is 0 Å². The van der Waals surface area contributed by atoms with Crippen LogP contribution in [0.5, 0.6) is 0 Å². The Balaban J connectivity index is 1.63. The summed E-state index contributed by atoms with van der Waals surface area (Å²) in [5.41, 5.74) is 2.33. The average Bonchev–Trinajstić information content (AvgIpc) is 3.05. The second kappa shape index (κ2) is 7.60. The minimum absolute atomic E-state index is 0.246. The Morgan fingerprint density at radius 1 is 0.900 bits per heavy atom. The van der Waals surface area contributed by atoms with Crippen LogP contribution in [0.4, 0.5) is 13.2 Å². The van der Waals surface area contributed by atoms with E-state index < -0.39 is 27.8 Å². The molecule has 8 heteroatoms. The van der Waals surface area contributed by atoms with Crippen molar-refractivity contribution in [3.63, 3.8) is 0 Å². The van der Waals surface area contributed by atoms with Gasteiger partial charge in [-0.15, -0.1) is 0 Å². The summed E-state index contributed by atoms with van der Waals surface area (Å²) in [6, 6.07) is 19.9. The van der Waals surface area contributed by atoms with Gasteiger partial charge in [0.15, 0.2) is 5.71 Å². The number of halogens is 3. The number of alkyl halides is 3. The van der Waals surface area contributed by atoms with E-state index in [4.69, 9.17) is 0 Å². The highest BCUT2D eigenvalue weighted by Crippen LogP contribution is 2.37. The third-order valence-electron chi connectivity index (χ3n) is 4.76. The van der Waals surface area contributed by atoms with Crippen LogP contribution in [0, 0.1) is 0 Å². The lowest BCUT2D eigenvalue weighted by Gasteiger charge is -2.12. The molecule has 0 heterocycles. The molecule has 0 amide bonds. The predicted octanol–water partition coefficient (Wildman–Crippen LogP) is 5.07. The molecule has 154 valence electrons. The topological polar surface area (TPSA) is 55.7 Å². The van der Waals surface area contributed by atoms with Crippen molar-refractivity contribution in [2.75, 3.05) is 0 Å². The van der Waals surface area contributed by atoms with Gasteiger partial charge >= 0.3 is 16.3 Å². The van der Waals surface area contributed by atoms with Gasteiger partial charge in [0.1, 0.15) is 5.75 Å². The summed E-state index contributed by atoms with van der Waals surface area (Å²) in [5.74, 6) is -0.581. The maximum absolute atomic E-state index is 13.6. The maximum Gasteiger partial charge on any atom is 0.437 e. The van der Waals surface area contributed by atoms with E-state index in [2.05, 4.69) is 9.44 Å². The number of oxime groups is 1. The summed E-state index contributed by atoms with van der Waals surface area (Å²) in [6.45, 7) is 0. The van der Waals surface area contributed by atoms with E-state index >= 15 is 0 Å². The summed E-state index contributed by atoms with van der Waals surface area (Å²) < 4.78 is 69.5. The second-order valence-corrected chi connectivity index (χ2v) is 8.46. The van der Waals surface area contributed by atoms with Gasteiger partial charge in [-0.25, -0.2) is 0 Å². The van der Waals surface area contributed by atoms with Gasteiger partial charge in [0.25, 0.3) is 0 Å². The summed E-state index contributed by atoms with van der Waals surface area (Å²) >= 11 is 0. The Morgan fingerprint density at radius 2 is 1.57 bits per heavy atom. The summed E-state index contributed by atoms with van der Waals surface area (Å²) in [5, 5.41) is 3.01. The third-order valence-corrected chi connectivity index (χ3v) is 5.75. The van der Waals surface area contributed by atoms with Crippen LogP contribution in [0.25, 0.3) is 11.1 Å². The molecule has 1 aliphatic carbocycles. The van der Waals surface area contributed by atoms with Gasteiger partial charge in [-0.2, -0.15) is 21.6 Å². The highest BCUT2D eigenvalue weighted by molar-refractivity contribution is 7.85. The van der Waals surface area contributed by atoms with Crippen LogP contribution in [0.2, 0.25) is 0 Å². The van der Waals surface area contributed by atoms with Gasteiger partial charge in [-0.05, 0) is 40.3 Å². The fourth-order valence-electron chi connectivity index (χ4n) is 3.46. The molecule has 4 nitrogen and oxygen atoms in total. The molecule has 0 radical (unpaired) electrons. The van der Waals surface area contributed by atoms with Gasteiger partial charge in [-0.3, -0.25) is 4.28 Å². The molecule has 30 heavy (non-hydrogen) atoms. The first kappa shape index (κ1) is 20.2. The molecule has 0 bridgehead atoms. The smallest absolute Gasteiger partial charge is 0.268 e. The van der Waals surface area contributed by atoms with Crippen molar-refractivity contribution in [2.45, 2.75) is 18.3 Å². The average molecular weight is 431 g/mol. The van der Waals surface area contributed by atoms with E-state index in [-0.39, 0.29) is 5.56 Å². The maximum atomic E-state index is 13.6. The molecule has 1 aliphatic rings. The van der Waals surface area contributed by atoms with Crippen molar-refractivity contribution < 1.29 is 25.9 Å². The Morgan fingerprint density at radius 3 is 2.30 bits per heavy atom. The molecule has 0 aromatic heterocycles. The SMILES string of the molecule is O=S(=O)(Cc1ccccc1)O/N=C(\c1ccc2c(c1)Cc1ccccc1-2)C(F)(F)F. The minimum atomic E-state index is -4.89. The number of benzene rings is 3. The Hall–Kier alpha value is -3.13. The van der Waals surface area contributed by atoms with Crippen molar-refractivity contribution in [1.82, 2.24) is 0 Å². The Kier molecular flexibility index (Phi) is 5.11. The first-order valence-electron chi connectivity index (χ1n) is 9.05. The highest BCUT2D eigenvalue weighted by atomic mass is 32.2. The minimum Gasteiger partial charge on any atom is -0.268 e. The number of fused-ring (bicyclic) bond motifs is 3. The van der Waals surface area contributed by atoms with Gasteiger partial charge in [-0.1, -0.05) is 71.9 Å². The van der Waals surface area contributed by atoms with Crippen molar-refractivity contribution in [1.29, 1.82) is 0 Å². The summed E-state index contributed by atoms with van der Waals surface area (Å²) in [7, 11) is -4.34. The lowest BCUT2D eigenvalue weighted by molar-refractivity contribution is -0.0597. The summed E-state index contributed by atoms with van der Waals surface area (Å²) in [6.07, 6.45) is -4.39. The van der Waals surface area contributed by atoms with Crippen molar-refractivity contribution in [2.24, 2.45) is 5.16 Å². The quantitative estimate of drug-likeness (QED) is 0.327. The summed E-state index contributed by atoms with van der Waals surface area (Å²) in [4.78, 5) is 0. The molecule has 0 unspecified atom stereocenters. The lowest BCUT2D eigenvalue weighted by Crippen LogP contribution is -2.25. The predicted molar refractivity (Wildman–Crippen MR) is 107 cm³/mol. The van der Waals surface area contributed by atoms with Crippen molar-refractivity contribution in [3.8, 4) is 11.1 Å². The number of rotatable bonds is 5. The van der Waals surface area contributed by atoms with E-state index in [9.17, 15) is 21.6 Å². The fraction of sp³-hybridized carbons (Fsp3) is 0.136. The van der Waals surface area contributed by atoms with Crippen LogP contribution in [-0.2, 0) is 26.6 Å². The highest BCUT2D eigenvalue weighted by Gasteiger charge is 2.39. The molecular weight excluding hydrogens is 415 g/mol. The monoisotopic (exact) mass is 431 g/mol. The van der Waals surface area contributed by atoms with E-state index in [0.717, 1.165) is 22.3 Å². The molecule has 0 saturated heterocycles. The molecule has 0 N–H and O–H groups in total. The van der Waals surface area contributed by atoms with Crippen LogP contribution < -0.4 is 0 Å². The molecule has 0 atom stereocenters. The zero-order valence-corrected chi connectivity index (χ0v) is 16.4. The molecule has 0 spiro atoms. The standard InChI is InChI=1S/C22H16F3NO3S/c23-22(24,25)21(26-29-30(27,28)14-15-6-2-1-3-7-15)17-10-11-20-18(13-17)12-16-8-4-5-9-19(16)20/h1-11,13H,12,14H2/b26-21+. The Labute approximate surface area is 171 Å². The van der Waals surface area contributed by atoms with Gasteiger partial charge in [0, 0.05) is 5.56 Å². The molecule has 3 aromatic carbocycles. The largest absolute Gasteiger partial charge is 0.437 e. The van der Waals surface area contributed by atoms with E-state index in [0.29, 0.717) is 12.0 Å². The van der Waals surface area contributed by atoms with Gasteiger partial charge in [0.2, 0.25) is 0 Å². The van der Waals surface area contributed by atoms with Crippen LogP contribution in [0.1, 0.15) is 22.3 Å². The zero-order valence-electron chi connectivity index (χ0n) is 15.6. The van der Waals surface area contributed by atoms with Gasteiger partial charge in [0.05, 0.1) is 0 Å². The second-order valence-electron chi connectivity index (χ2n) is 6.91. The molecule has 3 aromatic rings.